The van der Waals surface area contributed by atoms with Gasteiger partial charge in [-0.1, -0.05) is 36.7 Å². The molecule has 0 aliphatic heterocycles. The zero-order valence-electron chi connectivity index (χ0n) is 15.4. The predicted molar refractivity (Wildman–Crippen MR) is 107 cm³/mol. The van der Waals surface area contributed by atoms with E-state index in [0.29, 0.717) is 12.2 Å². The fraction of sp³-hybridized carbons (Fsp3) is 0.300. The topological polar surface area (TPSA) is 61.4 Å². The van der Waals surface area contributed by atoms with Crippen LogP contribution in [-0.4, -0.2) is 36.3 Å². The molecule has 2 N–H and O–H groups in total. The number of hydrogen-bond donors (Lipinski definition) is 2. The normalized spacial score (nSPS) is 10.7. The molecule has 2 amide bonds. The Morgan fingerprint density at radius 1 is 1.04 bits per heavy atom. The largest absolute Gasteiger partial charge is 0.325 e. The highest BCUT2D eigenvalue weighted by molar-refractivity contribution is 6.33. The van der Waals surface area contributed by atoms with Crippen LogP contribution in [0.1, 0.15) is 18.9 Å². The second-order valence-electron chi connectivity index (χ2n) is 6.25. The molecule has 27 heavy (non-hydrogen) atoms. The van der Waals surface area contributed by atoms with Gasteiger partial charge in [0.2, 0.25) is 11.8 Å². The Balaban J connectivity index is 1.94. The number of anilines is 2. The summed E-state index contributed by atoms with van der Waals surface area (Å²) < 4.78 is 13.1. The number of aryl methyl sites for hydroxylation is 1. The molecule has 0 heterocycles. The predicted octanol–water partition coefficient (Wildman–Crippen LogP) is 4.08. The molecule has 0 saturated heterocycles. The molecule has 0 fully saturated rings. The van der Waals surface area contributed by atoms with Gasteiger partial charge in [0.1, 0.15) is 5.82 Å². The fourth-order valence-electron chi connectivity index (χ4n) is 2.62. The Morgan fingerprint density at radius 3 is 2.26 bits per heavy atom. The third-order valence-corrected chi connectivity index (χ3v) is 4.21. The van der Waals surface area contributed by atoms with E-state index >= 15 is 0 Å². The van der Waals surface area contributed by atoms with Gasteiger partial charge in [-0.3, -0.25) is 14.5 Å². The number of amides is 2. The molecule has 0 aromatic heterocycles. The Kier molecular flexibility index (Phi) is 7.76. The number of nitrogens with zero attached hydrogens (tertiary/aromatic N) is 1. The van der Waals surface area contributed by atoms with E-state index in [-0.39, 0.29) is 29.9 Å². The Labute approximate surface area is 163 Å². The number of carbonyl (C=O) groups excluding carboxylic acids is 2. The Hall–Kier alpha value is -2.44. The number of benzene rings is 2. The summed E-state index contributed by atoms with van der Waals surface area (Å²) in [5, 5.41) is 5.64. The van der Waals surface area contributed by atoms with Gasteiger partial charge in [-0.15, -0.1) is 0 Å². The van der Waals surface area contributed by atoms with Crippen molar-refractivity contribution >= 4 is 34.8 Å². The van der Waals surface area contributed by atoms with Crippen molar-refractivity contribution in [1.82, 2.24) is 4.90 Å². The molecule has 2 aromatic rings. The number of carbonyl (C=O) groups is 2. The summed E-state index contributed by atoms with van der Waals surface area (Å²) in [6, 6.07) is 11.3. The fourth-order valence-corrected chi connectivity index (χ4v) is 2.83. The van der Waals surface area contributed by atoms with Crippen molar-refractivity contribution in [1.29, 1.82) is 0 Å². The lowest BCUT2D eigenvalue weighted by Crippen LogP contribution is -2.39. The van der Waals surface area contributed by atoms with Crippen LogP contribution in [0, 0.1) is 12.7 Å². The quantitative estimate of drug-likeness (QED) is 0.712. The van der Waals surface area contributed by atoms with Gasteiger partial charge in [-0.2, -0.15) is 0 Å². The summed E-state index contributed by atoms with van der Waals surface area (Å²) in [6.07, 6.45) is 0.794. The number of nitrogens with one attached hydrogen (secondary N) is 2. The van der Waals surface area contributed by atoms with E-state index < -0.39 is 5.82 Å². The molecule has 0 aliphatic rings. The molecule has 0 unspecified atom stereocenters. The zero-order chi connectivity index (χ0) is 19.8. The van der Waals surface area contributed by atoms with Gasteiger partial charge in [0.25, 0.3) is 0 Å². The van der Waals surface area contributed by atoms with Crippen LogP contribution in [0.2, 0.25) is 5.02 Å². The van der Waals surface area contributed by atoms with Crippen LogP contribution in [0.15, 0.2) is 42.5 Å². The SMILES string of the molecule is CCCN(CC(=O)Nc1ccccc1C)CC(=O)Nc1ccc(F)cc1Cl. The maximum Gasteiger partial charge on any atom is 0.238 e. The summed E-state index contributed by atoms with van der Waals surface area (Å²) in [7, 11) is 0. The molecule has 2 rings (SSSR count). The van der Waals surface area contributed by atoms with Gasteiger partial charge in [0.15, 0.2) is 0 Å². The van der Waals surface area contributed by atoms with Gasteiger partial charge < -0.3 is 10.6 Å². The first-order valence-corrected chi connectivity index (χ1v) is 9.09. The van der Waals surface area contributed by atoms with E-state index in [1.807, 2.05) is 38.1 Å². The van der Waals surface area contributed by atoms with Crippen molar-refractivity contribution in [2.75, 3.05) is 30.3 Å². The molecule has 0 saturated carbocycles. The zero-order valence-corrected chi connectivity index (χ0v) is 16.1. The van der Waals surface area contributed by atoms with E-state index in [0.717, 1.165) is 23.7 Å². The summed E-state index contributed by atoms with van der Waals surface area (Å²) in [5.41, 5.74) is 2.06. The van der Waals surface area contributed by atoms with E-state index in [1.165, 1.54) is 12.1 Å². The lowest BCUT2D eigenvalue weighted by molar-refractivity contribution is -0.120. The van der Waals surface area contributed by atoms with Crippen LogP contribution in [0.4, 0.5) is 15.8 Å². The van der Waals surface area contributed by atoms with Crippen molar-refractivity contribution in [2.24, 2.45) is 0 Å². The number of hydrogen-bond acceptors (Lipinski definition) is 3. The molecule has 2 aromatic carbocycles. The maximum atomic E-state index is 13.1. The average molecular weight is 392 g/mol. The van der Waals surface area contributed by atoms with Gasteiger partial charge in [0.05, 0.1) is 23.8 Å². The van der Waals surface area contributed by atoms with Crippen LogP contribution in [0.25, 0.3) is 0 Å². The van der Waals surface area contributed by atoms with Crippen LogP contribution >= 0.6 is 11.6 Å². The molecular weight excluding hydrogens is 369 g/mol. The maximum absolute atomic E-state index is 13.1. The van der Waals surface area contributed by atoms with Gasteiger partial charge in [0, 0.05) is 5.69 Å². The monoisotopic (exact) mass is 391 g/mol. The third kappa shape index (κ3) is 6.66. The minimum atomic E-state index is -0.474. The average Bonchev–Trinajstić information content (AvgIpc) is 2.59. The van der Waals surface area contributed by atoms with Crippen molar-refractivity contribution in [3.8, 4) is 0 Å². The number of rotatable bonds is 8. The molecule has 7 heteroatoms. The van der Waals surface area contributed by atoms with Gasteiger partial charge in [-0.25, -0.2) is 4.39 Å². The Morgan fingerprint density at radius 2 is 1.67 bits per heavy atom. The van der Waals surface area contributed by atoms with Crippen LogP contribution < -0.4 is 10.6 Å². The van der Waals surface area contributed by atoms with Crippen molar-refractivity contribution < 1.29 is 14.0 Å². The highest BCUT2D eigenvalue weighted by Crippen LogP contribution is 2.22. The molecule has 0 radical (unpaired) electrons. The minimum Gasteiger partial charge on any atom is -0.325 e. The Bertz CT molecular complexity index is 814. The first-order valence-electron chi connectivity index (χ1n) is 8.71. The number of halogens is 2. The van der Waals surface area contributed by atoms with E-state index in [9.17, 15) is 14.0 Å². The van der Waals surface area contributed by atoms with Crippen molar-refractivity contribution in [3.05, 3.63) is 58.9 Å². The molecular formula is C20H23ClFN3O2. The molecule has 0 atom stereocenters. The molecule has 5 nitrogen and oxygen atoms in total. The van der Waals surface area contributed by atoms with Crippen LogP contribution in [-0.2, 0) is 9.59 Å². The summed E-state index contributed by atoms with van der Waals surface area (Å²) in [5.74, 6) is -0.982. The molecule has 0 spiro atoms. The lowest BCUT2D eigenvalue weighted by Gasteiger charge is -2.21. The first-order chi connectivity index (χ1) is 12.9. The van der Waals surface area contributed by atoms with Crippen LogP contribution in [0.3, 0.4) is 0 Å². The number of para-hydroxylation sites is 1. The third-order valence-electron chi connectivity index (χ3n) is 3.90. The lowest BCUT2D eigenvalue weighted by atomic mass is 10.2. The molecule has 0 aliphatic carbocycles. The second-order valence-corrected chi connectivity index (χ2v) is 6.65. The van der Waals surface area contributed by atoms with E-state index in [2.05, 4.69) is 10.6 Å². The smallest absolute Gasteiger partial charge is 0.238 e. The first kappa shape index (κ1) is 20.9. The van der Waals surface area contributed by atoms with Crippen molar-refractivity contribution in [3.63, 3.8) is 0 Å². The van der Waals surface area contributed by atoms with Crippen molar-refractivity contribution in [2.45, 2.75) is 20.3 Å². The summed E-state index contributed by atoms with van der Waals surface area (Å²) in [4.78, 5) is 26.4. The molecule has 0 bridgehead atoms. The molecule has 144 valence electrons. The summed E-state index contributed by atoms with van der Waals surface area (Å²) >= 11 is 5.93. The standard InChI is InChI=1S/C20H23ClFN3O2/c1-3-10-25(12-19(26)23-17-7-5-4-6-14(17)2)13-20(27)24-18-9-8-15(22)11-16(18)21/h4-9,11H,3,10,12-13H2,1-2H3,(H,23,26)(H,24,27). The van der Waals surface area contributed by atoms with E-state index in [4.69, 9.17) is 11.6 Å². The second kappa shape index (κ2) is 10.0. The van der Waals surface area contributed by atoms with Gasteiger partial charge >= 0.3 is 0 Å². The van der Waals surface area contributed by atoms with Gasteiger partial charge in [-0.05, 0) is 49.7 Å². The minimum absolute atomic E-state index is 0.0305. The van der Waals surface area contributed by atoms with Crippen LogP contribution in [0.5, 0.6) is 0 Å². The summed E-state index contributed by atoms with van der Waals surface area (Å²) in [6.45, 7) is 4.60. The highest BCUT2D eigenvalue weighted by Gasteiger charge is 2.15. The highest BCUT2D eigenvalue weighted by atomic mass is 35.5. The van der Waals surface area contributed by atoms with E-state index in [1.54, 1.807) is 4.90 Å².